The van der Waals surface area contributed by atoms with Gasteiger partial charge in [-0.25, -0.2) is 4.98 Å². The molecule has 0 aliphatic carbocycles. The highest BCUT2D eigenvalue weighted by Crippen LogP contribution is 2.35. The number of rotatable bonds is 2. The molecule has 96 valence electrons. The monoisotopic (exact) mass is 293 g/mol. The molecule has 0 fully saturated rings. The van der Waals surface area contributed by atoms with Gasteiger partial charge in [-0.05, 0) is 6.07 Å². The first-order valence-electron chi connectivity index (χ1n) is 5.54. The molecule has 2 aromatic heterocycles. The van der Waals surface area contributed by atoms with Crippen LogP contribution < -0.4 is 5.32 Å². The summed E-state index contributed by atoms with van der Waals surface area (Å²) in [6, 6.07) is 5.43. The van der Waals surface area contributed by atoms with Gasteiger partial charge in [0, 0.05) is 12.6 Å². The highest BCUT2D eigenvalue weighted by atomic mass is 35.5. The predicted molar refractivity (Wildman–Crippen MR) is 76.7 cm³/mol. The third-order valence-electron chi connectivity index (χ3n) is 2.74. The molecular formula is C12H9Cl2N5. The summed E-state index contributed by atoms with van der Waals surface area (Å²) in [6.45, 7) is 0. The first kappa shape index (κ1) is 12.2. The number of fused-ring (bicyclic) bond motifs is 1. The second kappa shape index (κ2) is 4.68. The summed E-state index contributed by atoms with van der Waals surface area (Å²) in [5, 5.41) is 11.5. The second-order valence-electron chi connectivity index (χ2n) is 3.88. The van der Waals surface area contributed by atoms with E-state index in [-0.39, 0.29) is 0 Å². The van der Waals surface area contributed by atoms with Crippen LogP contribution in [0.5, 0.6) is 0 Å². The van der Waals surface area contributed by atoms with Crippen molar-refractivity contribution in [3.05, 3.63) is 34.4 Å². The molecule has 0 radical (unpaired) electrons. The number of nitrogens with zero attached hydrogens (tertiary/aromatic N) is 3. The fourth-order valence-corrected chi connectivity index (χ4v) is 2.23. The van der Waals surface area contributed by atoms with Gasteiger partial charge in [-0.3, -0.25) is 5.10 Å². The van der Waals surface area contributed by atoms with Crippen molar-refractivity contribution < 1.29 is 0 Å². The molecule has 0 saturated heterocycles. The molecule has 0 bridgehead atoms. The minimum absolute atomic E-state index is 0.465. The molecule has 7 heteroatoms. The van der Waals surface area contributed by atoms with Crippen molar-refractivity contribution in [2.75, 3.05) is 12.4 Å². The average Bonchev–Trinajstić information content (AvgIpc) is 2.89. The van der Waals surface area contributed by atoms with Crippen molar-refractivity contribution in [3.8, 4) is 11.3 Å². The maximum Gasteiger partial charge on any atom is 0.225 e. The first-order valence-corrected chi connectivity index (χ1v) is 6.29. The van der Waals surface area contributed by atoms with Crippen molar-refractivity contribution in [2.24, 2.45) is 0 Å². The number of nitrogens with one attached hydrogen (secondary N) is 2. The molecule has 0 unspecified atom stereocenters. The summed E-state index contributed by atoms with van der Waals surface area (Å²) in [5.74, 6) is 0.489. The summed E-state index contributed by atoms with van der Waals surface area (Å²) < 4.78 is 0. The molecule has 19 heavy (non-hydrogen) atoms. The van der Waals surface area contributed by atoms with E-state index in [1.807, 2.05) is 12.1 Å². The fourth-order valence-electron chi connectivity index (χ4n) is 1.84. The van der Waals surface area contributed by atoms with E-state index in [4.69, 9.17) is 23.2 Å². The van der Waals surface area contributed by atoms with Crippen LogP contribution in [0.1, 0.15) is 0 Å². The van der Waals surface area contributed by atoms with Gasteiger partial charge in [-0.2, -0.15) is 10.1 Å². The Bertz CT molecular complexity index is 753. The Hall–Kier alpha value is -1.85. The largest absolute Gasteiger partial charge is 0.357 e. The molecule has 0 atom stereocenters. The lowest BCUT2D eigenvalue weighted by atomic mass is 10.1. The fraction of sp³-hybridized carbons (Fsp3) is 0.0833. The van der Waals surface area contributed by atoms with Crippen LogP contribution in [0.15, 0.2) is 24.4 Å². The van der Waals surface area contributed by atoms with E-state index in [2.05, 4.69) is 25.5 Å². The lowest BCUT2D eigenvalue weighted by Gasteiger charge is -2.08. The number of anilines is 1. The summed E-state index contributed by atoms with van der Waals surface area (Å²) >= 11 is 12.3. The lowest BCUT2D eigenvalue weighted by Crippen LogP contribution is -1.98. The molecule has 0 aliphatic rings. The number of benzene rings is 1. The molecule has 0 saturated carbocycles. The first-order chi connectivity index (χ1) is 9.20. The molecule has 0 aliphatic heterocycles. The number of aromatic nitrogens is 4. The summed E-state index contributed by atoms with van der Waals surface area (Å²) in [5.41, 5.74) is 2.08. The minimum Gasteiger partial charge on any atom is -0.357 e. The Morgan fingerprint density at radius 3 is 2.84 bits per heavy atom. The second-order valence-corrected chi connectivity index (χ2v) is 4.66. The van der Waals surface area contributed by atoms with Crippen LogP contribution >= 0.6 is 23.2 Å². The van der Waals surface area contributed by atoms with Crippen LogP contribution in [0, 0.1) is 0 Å². The zero-order chi connectivity index (χ0) is 13.4. The van der Waals surface area contributed by atoms with E-state index in [1.54, 1.807) is 19.3 Å². The lowest BCUT2D eigenvalue weighted by molar-refractivity contribution is 1.09. The standard InChI is InChI=1S/C12H9Cl2N5/c1-15-12-17-10(7-5-16-19-11(7)18-12)6-3-2-4-8(13)9(6)14/h2-5H,1H3,(H2,15,16,17,18,19). The van der Waals surface area contributed by atoms with Gasteiger partial charge in [0.05, 0.1) is 27.3 Å². The van der Waals surface area contributed by atoms with Crippen LogP contribution in [0.25, 0.3) is 22.3 Å². The molecule has 0 spiro atoms. The molecule has 3 aromatic rings. The van der Waals surface area contributed by atoms with E-state index < -0.39 is 0 Å². The Morgan fingerprint density at radius 2 is 2.05 bits per heavy atom. The van der Waals surface area contributed by atoms with Gasteiger partial charge in [-0.1, -0.05) is 35.3 Å². The van der Waals surface area contributed by atoms with Crippen molar-refractivity contribution in [3.63, 3.8) is 0 Å². The van der Waals surface area contributed by atoms with Gasteiger partial charge in [0.1, 0.15) is 0 Å². The highest BCUT2D eigenvalue weighted by molar-refractivity contribution is 6.43. The molecular weight excluding hydrogens is 285 g/mol. The van der Waals surface area contributed by atoms with Gasteiger partial charge >= 0.3 is 0 Å². The van der Waals surface area contributed by atoms with Gasteiger partial charge in [0.25, 0.3) is 0 Å². The van der Waals surface area contributed by atoms with Crippen LogP contribution in [0.2, 0.25) is 10.0 Å². The van der Waals surface area contributed by atoms with Gasteiger partial charge < -0.3 is 5.32 Å². The van der Waals surface area contributed by atoms with E-state index in [0.29, 0.717) is 27.3 Å². The zero-order valence-corrected chi connectivity index (χ0v) is 11.4. The van der Waals surface area contributed by atoms with E-state index in [9.17, 15) is 0 Å². The predicted octanol–water partition coefficient (Wildman–Crippen LogP) is 3.37. The van der Waals surface area contributed by atoms with Crippen molar-refractivity contribution in [1.29, 1.82) is 0 Å². The van der Waals surface area contributed by atoms with Crippen molar-refractivity contribution >= 4 is 40.2 Å². The SMILES string of the molecule is CNc1nc(-c2cccc(Cl)c2Cl)c2cn[nH]c2n1. The molecule has 5 nitrogen and oxygen atoms in total. The Labute approximate surface area is 119 Å². The third kappa shape index (κ3) is 2.01. The highest BCUT2D eigenvalue weighted by Gasteiger charge is 2.14. The normalized spacial score (nSPS) is 10.9. The Balaban J connectivity index is 2.34. The molecule has 2 N–H and O–H groups in total. The summed E-state index contributed by atoms with van der Waals surface area (Å²) in [6.07, 6.45) is 1.67. The maximum absolute atomic E-state index is 6.25. The number of halogens is 2. The summed E-state index contributed by atoms with van der Waals surface area (Å²) in [7, 11) is 1.75. The van der Waals surface area contributed by atoms with E-state index in [1.165, 1.54) is 0 Å². The molecule has 3 rings (SSSR count). The van der Waals surface area contributed by atoms with Crippen molar-refractivity contribution in [2.45, 2.75) is 0 Å². The van der Waals surface area contributed by atoms with Crippen LogP contribution in [0.4, 0.5) is 5.95 Å². The molecule has 2 heterocycles. The summed E-state index contributed by atoms with van der Waals surface area (Å²) in [4.78, 5) is 8.71. The van der Waals surface area contributed by atoms with Crippen LogP contribution in [-0.2, 0) is 0 Å². The van der Waals surface area contributed by atoms with Gasteiger partial charge in [-0.15, -0.1) is 0 Å². The number of H-pyrrole nitrogens is 1. The average molecular weight is 294 g/mol. The van der Waals surface area contributed by atoms with Crippen LogP contribution in [-0.4, -0.2) is 27.2 Å². The van der Waals surface area contributed by atoms with Gasteiger partial charge in [0.2, 0.25) is 5.95 Å². The maximum atomic E-state index is 6.25. The number of aromatic amines is 1. The van der Waals surface area contributed by atoms with E-state index >= 15 is 0 Å². The Kier molecular flexibility index (Phi) is 3.00. The topological polar surface area (TPSA) is 66.5 Å². The Morgan fingerprint density at radius 1 is 1.21 bits per heavy atom. The number of hydrogen-bond donors (Lipinski definition) is 2. The third-order valence-corrected chi connectivity index (χ3v) is 3.56. The number of hydrogen-bond acceptors (Lipinski definition) is 4. The quantitative estimate of drug-likeness (QED) is 0.760. The van der Waals surface area contributed by atoms with Crippen LogP contribution in [0.3, 0.4) is 0 Å². The van der Waals surface area contributed by atoms with Crippen molar-refractivity contribution in [1.82, 2.24) is 20.2 Å². The van der Waals surface area contributed by atoms with Gasteiger partial charge in [0.15, 0.2) is 5.65 Å². The zero-order valence-electron chi connectivity index (χ0n) is 9.91. The van der Waals surface area contributed by atoms with E-state index in [0.717, 1.165) is 10.9 Å². The molecule has 1 aromatic carbocycles. The minimum atomic E-state index is 0.465. The smallest absolute Gasteiger partial charge is 0.225 e. The molecule has 0 amide bonds.